The van der Waals surface area contributed by atoms with Gasteiger partial charge in [-0.2, -0.15) is 0 Å². The fraction of sp³-hybridized carbons (Fsp3) is 0.417. The number of carbonyl (C=O) groups is 2. The van der Waals surface area contributed by atoms with Gasteiger partial charge >= 0.3 is 6.09 Å². The highest BCUT2D eigenvalue weighted by molar-refractivity contribution is 9.10. The van der Waals surface area contributed by atoms with Gasteiger partial charge in [0.1, 0.15) is 6.10 Å². The number of ether oxygens (including phenoxy) is 1. The van der Waals surface area contributed by atoms with Gasteiger partial charge in [-0.15, -0.1) is 0 Å². The molecule has 3 heterocycles. The lowest BCUT2D eigenvalue weighted by Crippen LogP contribution is -2.61. The van der Waals surface area contributed by atoms with Crippen LogP contribution in [0.25, 0.3) is 0 Å². The van der Waals surface area contributed by atoms with Gasteiger partial charge in [-0.05, 0) is 41.3 Å². The van der Waals surface area contributed by atoms with E-state index in [1.54, 1.807) is 28.0 Å². The maximum absolute atomic E-state index is 14.0. The summed E-state index contributed by atoms with van der Waals surface area (Å²) in [6, 6.07) is 13.1. The highest BCUT2D eigenvalue weighted by Gasteiger charge is 2.61. The quantitative estimate of drug-likeness (QED) is 0.606. The maximum Gasteiger partial charge on any atom is 0.410 e. The van der Waals surface area contributed by atoms with Gasteiger partial charge < -0.3 is 9.64 Å². The van der Waals surface area contributed by atoms with Crippen molar-refractivity contribution in [2.45, 2.75) is 49.3 Å². The second-order valence-electron chi connectivity index (χ2n) is 9.46. The van der Waals surface area contributed by atoms with Crippen LogP contribution in [0.2, 0.25) is 0 Å². The van der Waals surface area contributed by atoms with E-state index in [-0.39, 0.29) is 44.0 Å². The Balaban J connectivity index is 1.30. The number of rotatable bonds is 2. The predicted molar refractivity (Wildman–Crippen MR) is 116 cm³/mol. The monoisotopic (exact) mass is 502 g/mol. The van der Waals surface area contributed by atoms with Crippen molar-refractivity contribution in [3.8, 4) is 0 Å². The van der Waals surface area contributed by atoms with Gasteiger partial charge in [-0.3, -0.25) is 9.69 Å². The van der Waals surface area contributed by atoms with Crippen LogP contribution in [0.15, 0.2) is 46.9 Å². The molecule has 1 spiro atoms. The summed E-state index contributed by atoms with van der Waals surface area (Å²) < 4.78 is 34.5. The molecule has 5 nitrogen and oxygen atoms in total. The Labute approximate surface area is 192 Å². The second-order valence-corrected chi connectivity index (χ2v) is 10.4. The summed E-state index contributed by atoms with van der Waals surface area (Å²) in [5, 5.41) is 0. The Morgan fingerprint density at radius 3 is 2.59 bits per heavy atom. The van der Waals surface area contributed by atoms with Crippen LogP contribution in [0.3, 0.4) is 0 Å². The number of halogens is 3. The standard InChI is InChI=1S/C24H21BrF2N2O3/c25-16-5-6-17-18(8-16)23(11-24(26,27)12-23)13-28(21(17)30)10-20-19-7-14-3-1-2-4-15(14)9-29(19)22(31)32-20/h1-6,8,19-20H,7,9-13H2/t19-,20+/m0/s1. The van der Waals surface area contributed by atoms with Crippen molar-refractivity contribution in [1.29, 1.82) is 0 Å². The molecule has 2 atom stereocenters. The number of carbonyl (C=O) groups excluding carboxylic acids is 2. The number of amides is 2. The predicted octanol–water partition coefficient (Wildman–Crippen LogP) is 4.52. The van der Waals surface area contributed by atoms with Gasteiger partial charge in [0, 0.05) is 41.4 Å². The minimum atomic E-state index is -2.73. The third-order valence-electron chi connectivity index (χ3n) is 7.36. The third kappa shape index (κ3) is 2.99. The first-order valence-corrected chi connectivity index (χ1v) is 11.6. The van der Waals surface area contributed by atoms with Crippen LogP contribution in [-0.4, -0.2) is 53.0 Å². The first kappa shape index (κ1) is 20.1. The molecule has 2 fully saturated rings. The average molecular weight is 503 g/mol. The molecule has 0 bridgehead atoms. The van der Waals surface area contributed by atoms with Crippen LogP contribution in [-0.2, 0) is 23.1 Å². The summed E-state index contributed by atoms with van der Waals surface area (Å²) in [6.07, 6.45) is -0.773. The molecule has 1 saturated heterocycles. The minimum absolute atomic E-state index is 0.171. The smallest absolute Gasteiger partial charge is 0.410 e. The van der Waals surface area contributed by atoms with E-state index in [9.17, 15) is 18.4 Å². The van der Waals surface area contributed by atoms with Gasteiger partial charge in [-0.25, -0.2) is 13.6 Å². The molecule has 8 heteroatoms. The summed E-state index contributed by atoms with van der Waals surface area (Å²) in [4.78, 5) is 29.2. The van der Waals surface area contributed by atoms with Crippen molar-refractivity contribution in [3.05, 3.63) is 69.2 Å². The van der Waals surface area contributed by atoms with Crippen molar-refractivity contribution in [3.63, 3.8) is 0 Å². The van der Waals surface area contributed by atoms with Crippen LogP contribution in [0, 0.1) is 0 Å². The van der Waals surface area contributed by atoms with E-state index in [1.165, 1.54) is 5.56 Å². The molecule has 3 aliphatic heterocycles. The van der Waals surface area contributed by atoms with Crippen molar-refractivity contribution in [2.75, 3.05) is 13.1 Å². The molecule has 32 heavy (non-hydrogen) atoms. The first-order chi connectivity index (χ1) is 15.2. The lowest BCUT2D eigenvalue weighted by molar-refractivity contribution is -0.134. The van der Waals surface area contributed by atoms with Crippen molar-refractivity contribution < 1.29 is 23.1 Å². The number of nitrogens with zero attached hydrogens (tertiary/aromatic N) is 2. The Morgan fingerprint density at radius 1 is 1.09 bits per heavy atom. The summed E-state index contributed by atoms with van der Waals surface area (Å²) in [5.41, 5.74) is 2.66. The van der Waals surface area contributed by atoms with E-state index < -0.39 is 17.4 Å². The zero-order chi connectivity index (χ0) is 22.3. The van der Waals surface area contributed by atoms with Crippen molar-refractivity contribution >= 4 is 27.9 Å². The summed E-state index contributed by atoms with van der Waals surface area (Å²) in [6.45, 7) is 0.899. The van der Waals surface area contributed by atoms with Gasteiger partial charge in [0.05, 0.1) is 12.6 Å². The maximum atomic E-state index is 14.0. The fourth-order valence-corrected chi connectivity index (χ4v) is 6.31. The molecule has 6 rings (SSSR count). The molecule has 0 N–H and O–H groups in total. The van der Waals surface area contributed by atoms with Crippen molar-refractivity contribution in [2.24, 2.45) is 0 Å². The lowest BCUT2D eigenvalue weighted by Gasteiger charge is -2.53. The van der Waals surface area contributed by atoms with Gasteiger partial charge in [0.25, 0.3) is 5.91 Å². The molecule has 2 aromatic carbocycles. The Morgan fingerprint density at radius 2 is 1.84 bits per heavy atom. The van der Waals surface area contributed by atoms with Gasteiger partial charge in [-0.1, -0.05) is 40.2 Å². The molecule has 2 amide bonds. The SMILES string of the molecule is O=C1c2ccc(Br)cc2C2(CN1C[C@H]1OC(=O)N3Cc4ccccc4C[C@@H]13)CC(F)(F)C2. The number of cyclic esters (lactones) is 1. The van der Waals surface area contributed by atoms with Crippen molar-refractivity contribution in [1.82, 2.24) is 9.80 Å². The second kappa shape index (κ2) is 6.76. The minimum Gasteiger partial charge on any atom is -0.442 e. The molecule has 166 valence electrons. The third-order valence-corrected chi connectivity index (χ3v) is 7.86. The topological polar surface area (TPSA) is 49.9 Å². The van der Waals surface area contributed by atoms with Gasteiger partial charge in [0.15, 0.2) is 0 Å². The largest absolute Gasteiger partial charge is 0.442 e. The first-order valence-electron chi connectivity index (χ1n) is 10.8. The zero-order valence-electron chi connectivity index (χ0n) is 17.2. The summed E-state index contributed by atoms with van der Waals surface area (Å²) >= 11 is 3.41. The normalized spacial score (nSPS) is 26.8. The average Bonchev–Trinajstić information content (AvgIpc) is 3.03. The molecular weight excluding hydrogens is 482 g/mol. The Bertz CT molecular complexity index is 1150. The highest BCUT2D eigenvalue weighted by atomic mass is 79.9. The van der Waals surface area contributed by atoms with E-state index in [2.05, 4.69) is 22.0 Å². The van der Waals surface area contributed by atoms with Crippen LogP contribution < -0.4 is 0 Å². The van der Waals surface area contributed by atoms with Crippen LogP contribution in [0.1, 0.15) is 39.9 Å². The molecule has 1 saturated carbocycles. The molecule has 0 radical (unpaired) electrons. The zero-order valence-corrected chi connectivity index (χ0v) is 18.8. The van der Waals surface area contributed by atoms with E-state index in [4.69, 9.17) is 4.74 Å². The summed E-state index contributed by atoms with van der Waals surface area (Å²) in [5.74, 6) is -2.92. The number of benzene rings is 2. The molecular formula is C24H21BrF2N2O3. The molecule has 0 aromatic heterocycles. The van der Waals surface area contributed by atoms with E-state index in [0.717, 1.165) is 10.0 Å². The Kier molecular flexibility index (Phi) is 4.26. The van der Waals surface area contributed by atoms with E-state index >= 15 is 0 Å². The lowest BCUT2D eigenvalue weighted by atomic mass is 9.59. The molecule has 0 unspecified atom stereocenters. The highest BCUT2D eigenvalue weighted by Crippen LogP contribution is 2.56. The molecule has 4 aliphatic rings. The molecule has 2 aromatic rings. The number of fused-ring (bicyclic) bond motifs is 4. The number of hydrogen-bond donors (Lipinski definition) is 0. The van der Waals surface area contributed by atoms with Crippen LogP contribution in [0.5, 0.6) is 0 Å². The van der Waals surface area contributed by atoms with Gasteiger partial charge in [0.2, 0.25) is 5.92 Å². The van der Waals surface area contributed by atoms with E-state index in [1.807, 2.05) is 18.2 Å². The molecule has 1 aliphatic carbocycles. The fourth-order valence-electron chi connectivity index (χ4n) is 5.95. The summed E-state index contributed by atoms with van der Waals surface area (Å²) in [7, 11) is 0. The Hall–Kier alpha value is -2.48. The van der Waals surface area contributed by atoms with E-state index in [0.29, 0.717) is 24.1 Å². The van der Waals surface area contributed by atoms with Crippen LogP contribution in [0.4, 0.5) is 13.6 Å². The number of hydrogen-bond acceptors (Lipinski definition) is 3. The number of alkyl halides is 2. The van der Waals surface area contributed by atoms with Crippen LogP contribution >= 0.6 is 15.9 Å².